The van der Waals surface area contributed by atoms with Gasteiger partial charge in [-0.25, -0.2) is 0 Å². The van der Waals surface area contributed by atoms with Crippen molar-refractivity contribution in [1.82, 2.24) is 0 Å². The molecule has 5 heteroatoms. The number of carbonyl (C=O) groups is 2. The van der Waals surface area contributed by atoms with Crippen molar-refractivity contribution in [2.45, 2.75) is 52.9 Å². The molecule has 1 aromatic carbocycles. The van der Waals surface area contributed by atoms with E-state index >= 15 is 0 Å². The van der Waals surface area contributed by atoms with E-state index in [-0.39, 0.29) is 18.6 Å². The summed E-state index contributed by atoms with van der Waals surface area (Å²) in [6.45, 7) is 12.1. The Morgan fingerprint density at radius 2 is 1.62 bits per heavy atom. The molecule has 0 saturated carbocycles. The molecule has 2 unspecified atom stereocenters. The second-order valence-corrected chi connectivity index (χ2v) is 7.61. The lowest BCUT2D eigenvalue weighted by Gasteiger charge is -2.25. The van der Waals surface area contributed by atoms with Crippen molar-refractivity contribution in [3.8, 4) is 0 Å². The fourth-order valence-electron chi connectivity index (χ4n) is 2.49. The highest BCUT2D eigenvalue weighted by atomic mass is 79.9. The second-order valence-electron chi connectivity index (χ2n) is 6.76. The van der Waals surface area contributed by atoms with Gasteiger partial charge in [0.15, 0.2) is 0 Å². The Labute approximate surface area is 153 Å². The third-order valence-electron chi connectivity index (χ3n) is 3.90. The molecule has 134 valence electrons. The van der Waals surface area contributed by atoms with E-state index in [1.807, 2.05) is 18.2 Å². The van der Waals surface area contributed by atoms with E-state index in [9.17, 15) is 9.59 Å². The lowest BCUT2D eigenvalue weighted by molar-refractivity contribution is -0.156. The van der Waals surface area contributed by atoms with Crippen LogP contribution in [0.4, 0.5) is 0 Å². The minimum atomic E-state index is -0.701. The van der Waals surface area contributed by atoms with Crippen LogP contribution < -0.4 is 0 Å². The van der Waals surface area contributed by atoms with Crippen LogP contribution in [-0.2, 0) is 24.5 Å². The molecule has 0 bridgehead atoms. The van der Waals surface area contributed by atoms with E-state index in [0.717, 1.165) is 15.6 Å². The number of hydrogen-bond acceptors (Lipinski definition) is 4. The predicted molar refractivity (Wildman–Crippen MR) is 98.0 cm³/mol. The van der Waals surface area contributed by atoms with Gasteiger partial charge in [0.2, 0.25) is 0 Å². The molecule has 0 heterocycles. The molecule has 1 rings (SSSR count). The van der Waals surface area contributed by atoms with Gasteiger partial charge in [-0.05, 0) is 36.5 Å². The van der Waals surface area contributed by atoms with Crippen LogP contribution in [0.1, 0.15) is 58.6 Å². The Morgan fingerprint density at radius 1 is 1.08 bits per heavy atom. The monoisotopic (exact) mass is 398 g/mol. The number of rotatable bonds is 6. The lowest BCUT2D eigenvalue weighted by atomic mass is 9.83. The van der Waals surface area contributed by atoms with Gasteiger partial charge in [0.25, 0.3) is 0 Å². The summed E-state index contributed by atoms with van der Waals surface area (Å²) in [5.74, 6) is -2.14. The molecule has 0 aliphatic heterocycles. The number of hydrogen-bond donors (Lipinski definition) is 0. The summed E-state index contributed by atoms with van der Waals surface area (Å²) in [6, 6.07) is 5.88. The summed E-state index contributed by atoms with van der Waals surface area (Å²) in [7, 11) is 0. The van der Waals surface area contributed by atoms with Crippen molar-refractivity contribution in [3.05, 3.63) is 33.8 Å². The molecule has 0 N–H and O–H groups in total. The van der Waals surface area contributed by atoms with Gasteiger partial charge in [-0.2, -0.15) is 0 Å². The van der Waals surface area contributed by atoms with E-state index in [4.69, 9.17) is 9.47 Å². The normalized spacial score (nSPS) is 14.0. The Balaban J connectivity index is 3.29. The quantitative estimate of drug-likeness (QED) is 0.657. The van der Waals surface area contributed by atoms with Crippen molar-refractivity contribution in [2.24, 2.45) is 5.92 Å². The van der Waals surface area contributed by atoms with Crippen LogP contribution in [0, 0.1) is 5.92 Å². The van der Waals surface area contributed by atoms with Crippen molar-refractivity contribution >= 4 is 27.9 Å². The maximum atomic E-state index is 12.5. The van der Waals surface area contributed by atoms with Gasteiger partial charge >= 0.3 is 11.9 Å². The molecule has 0 aliphatic rings. The Bertz CT molecular complexity index is 590. The fraction of sp³-hybridized carbons (Fsp3) is 0.579. The summed E-state index contributed by atoms with van der Waals surface area (Å²) in [5.41, 5.74) is 1.87. The topological polar surface area (TPSA) is 52.6 Å². The predicted octanol–water partition coefficient (Wildman–Crippen LogP) is 4.59. The van der Waals surface area contributed by atoms with E-state index in [1.54, 1.807) is 20.8 Å². The van der Waals surface area contributed by atoms with E-state index in [0.29, 0.717) is 0 Å². The number of halogens is 1. The molecule has 0 aliphatic carbocycles. The molecular formula is C19H27BrO4. The average Bonchev–Trinajstić information content (AvgIpc) is 2.48. The standard InChI is InChI=1S/C19H27BrO4/c1-7-23-17(21)12(3)16(18(22)24-8-2)14-10-9-13(11-15(14)20)19(4,5)6/h9-12,16H,7-8H2,1-6H3. The molecule has 0 saturated heterocycles. The zero-order chi connectivity index (χ0) is 18.5. The number of carbonyl (C=O) groups excluding carboxylic acids is 2. The Morgan fingerprint density at radius 3 is 2.08 bits per heavy atom. The molecule has 4 nitrogen and oxygen atoms in total. The van der Waals surface area contributed by atoms with E-state index < -0.39 is 23.8 Å². The second kappa shape index (κ2) is 8.65. The van der Waals surface area contributed by atoms with Gasteiger partial charge < -0.3 is 9.47 Å². The molecular weight excluding hydrogens is 372 g/mol. The summed E-state index contributed by atoms with van der Waals surface area (Å²) >= 11 is 3.56. The number of ether oxygens (including phenoxy) is 2. The summed E-state index contributed by atoms with van der Waals surface area (Å²) in [6.07, 6.45) is 0. The molecule has 0 spiro atoms. The highest BCUT2D eigenvalue weighted by molar-refractivity contribution is 9.10. The van der Waals surface area contributed by atoms with Crippen LogP contribution >= 0.6 is 15.9 Å². The van der Waals surface area contributed by atoms with Gasteiger partial charge in [0, 0.05) is 4.47 Å². The maximum Gasteiger partial charge on any atom is 0.314 e. The van der Waals surface area contributed by atoms with Crippen molar-refractivity contribution in [1.29, 1.82) is 0 Å². The lowest BCUT2D eigenvalue weighted by Crippen LogP contribution is -2.29. The first-order valence-corrected chi connectivity index (χ1v) is 9.05. The number of esters is 2. The van der Waals surface area contributed by atoms with Crippen LogP contribution in [-0.4, -0.2) is 25.2 Å². The highest BCUT2D eigenvalue weighted by Gasteiger charge is 2.35. The van der Waals surface area contributed by atoms with E-state index in [1.165, 1.54) is 0 Å². The number of benzene rings is 1. The van der Waals surface area contributed by atoms with Crippen molar-refractivity contribution < 1.29 is 19.1 Å². The molecule has 0 radical (unpaired) electrons. The Kier molecular flexibility index (Phi) is 7.46. The maximum absolute atomic E-state index is 12.5. The summed E-state index contributed by atoms with van der Waals surface area (Å²) in [5, 5.41) is 0. The first-order valence-electron chi connectivity index (χ1n) is 8.26. The minimum Gasteiger partial charge on any atom is -0.466 e. The van der Waals surface area contributed by atoms with Crippen LogP contribution in [0.2, 0.25) is 0 Å². The first kappa shape index (κ1) is 20.7. The Hall–Kier alpha value is -1.36. The van der Waals surface area contributed by atoms with Gasteiger partial charge in [0.05, 0.1) is 25.0 Å². The molecule has 24 heavy (non-hydrogen) atoms. The minimum absolute atomic E-state index is 0.00671. The van der Waals surface area contributed by atoms with Crippen LogP contribution in [0.25, 0.3) is 0 Å². The largest absolute Gasteiger partial charge is 0.466 e. The van der Waals surface area contributed by atoms with Crippen molar-refractivity contribution in [2.75, 3.05) is 13.2 Å². The third-order valence-corrected chi connectivity index (χ3v) is 4.59. The third kappa shape index (κ3) is 5.07. The molecule has 0 fully saturated rings. The zero-order valence-electron chi connectivity index (χ0n) is 15.3. The average molecular weight is 399 g/mol. The summed E-state index contributed by atoms with van der Waals surface area (Å²) in [4.78, 5) is 24.6. The first-order chi connectivity index (χ1) is 11.1. The zero-order valence-corrected chi connectivity index (χ0v) is 16.9. The van der Waals surface area contributed by atoms with Crippen molar-refractivity contribution in [3.63, 3.8) is 0 Å². The fourth-order valence-corrected chi connectivity index (χ4v) is 3.11. The van der Waals surface area contributed by atoms with Crippen LogP contribution in [0.5, 0.6) is 0 Å². The smallest absolute Gasteiger partial charge is 0.314 e. The van der Waals surface area contributed by atoms with E-state index in [2.05, 4.69) is 36.7 Å². The molecule has 0 aromatic heterocycles. The molecule has 0 amide bonds. The molecule has 2 atom stereocenters. The van der Waals surface area contributed by atoms with Gasteiger partial charge in [0.1, 0.15) is 0 Å². The molecule has 1 aromatic rings. The van der Waals surface area contributed by atoms with Crippen LogP contribution in [0.15, 0.2) is 22.7 Å². The van der Waals surface area contributed by atoms with Crippen LogP contribution in [0.3, 0.4) is 0 Å². The van der Waals surface area contributed by atoms with Gasteiger partial charge in [-0.15, -0.1) is 0 Å². The summed E-state index contributed by atoms with van der Waals surface area (Å²) < 4.78 is 11.1. The van der Waals surface area contributed by atoms with Gasteiger partial charge in [-0.1, -0.05) is 55.8 Å². The SMILES string of the molecule is CCOC(=O)C(C)C(C(=O)OCC)c1ccc(C(C)(C)C)cc1Br. The van der Waals surface area contributed by atoms with Gasteiger partial charge in [-0.3, -0.25) is 9.59 Å². The highest BCUT2D eigenvalue weighted by Crippen LogP contribution is 2.35.